The highest BCUT2D eigenvalue weighted by atomic mass is 19.3. The van der Waals surface area contributed by atoms with Crippen LogP contribution >= 0.6 is 0 Å². The van der Waals surface area contributed by atoms with Crippen molar-refractivity contribution >= 4 is 11.9 Å². The van der Waals surface area contributed by atoms with E-state index in [9.17, 15) is 18.4 Å². The number of rotatable bonds is 10. The minimum Gasteiger partial charge on any atom is -0.489 e. The van der Waals surface area contributed by atoms with Gasteiger partial charge < -0.3 is 34.3 Å². The van der Waals surface area contributed by atoms with Gasteiger partial charge >= 0.3 is 18.6 Å². The molecule has 0 amide bonds. The summed E-state index contributed by atoms with van der Waals surface area (Å²) in [6.45, 7) is -0.985. The highest BCUT2D eigenvalue weighted by molar-refractivity contribution is 5.91. The molecular weight excluding hydrogens is 492 g/mol. The third-order valence-electron chi connectivity index (χ3n) is 5.78. The molecule has 1 saturated carbocycles. The van der Waals surface area contributed by atoms with Gasteiger partial charge in [0.05, 0.1) is 25.3 Å². The summed E-state index contributed by atoms with van der Waals surface area (Å²) in [6, 6.07) is 6.55. The number of methoxy groups -OCH3 is 1. The van der Waals surface area contributed by atoms with E-state index in [4.69, 9.17) is 19.9 Å². The van der Waals surface area contributed by atoms with E-state index in [2.05, 4.69) is 14.5 Å². The van der Waals surface area contributed by atoms with Gasteiger partial charge in [-0.2, -0.15) is 8.78 Å². The number of pyridine rings is 1. The molecule has 0 spiro atoms. The molecule has 2 N–H and O–H groups in total. The molecule has 1 aliphatic carbocycles. The maximum Gasteiger partial charge on any atom is 0.387 e. The number of benzene rings is 1. The summed E-state index contributed by atoms with van der Waals surface area (Å²) in [5.74, 6) is -0.789. The van der Waals surface area contributed by atoms with Crippen molar-refractivity contribution in [2.24, 2.45) is 11.7 Å². The number of carbonyl (C=O) groups excluding carboxylic acids is 2. The van der Waals surface area contributed by atoms with Crippen LogP contribution in [0.25, 0.3) is 0 Å². The van der Waals surface area contributed by atoms with E-state index < -0.39 is 30.8 Å². The van der Waals surface area contributed by atoms with Gasteiger partial charge in [0, 0.05) is 24.9 Å². The Kier molecular flexibility index (Phi) is 7.77. The predicted molar refractivity (Wildman–Crippen MR) is 125 cm³/mol. The van der Waals surface area contributed by atoms with Gasteiger partial charge in [-0.25, -0.2) is 14.6 Å². The molecule has 1 aromatic heterocycles. The van der Waals surface area contributed by atoms with Gasteiger partial charge in [0.15, 0.2) is 23.4 Å². The van der Waals surface area contributed by atoms with Crippen molar-refractivity contribution in [3.8, 4) is 17.4 Å². The van der Waals surface area contributed by atoms with Crippen LogP contribution in [0, 0.1) is 5.92 Å². The van der Waals surface area contributed by atoms with Crippen LogP contribution in [0.4, 0.5) is 8.78 Å². The van der Waals surface area contributed by atoms with Gasteiger partial charge in [-0.3, -0.25) is 0 Å². The normalized spacial score (nSPS) is 17.9. The number of hydrogen-bond acceptors (Lipinski definition) is 10. The van der Waals surface area contributed by atoms with E-state index >= 15 is 0 Å². The number of hydrogen-bond donors (Lipinski definition) is 1. The van der Waals surface area contributed by atoms with Crippen LogP contribution in [0.15, 0.2) is 48.0 Å². The summed E-state index contributed by atoms with van der Waals surface area (Å²) >= 11 is 0. The van der Waals surface area contributed by atoms with Crippen LogP contribution in [-0.4, -0.2) is 55.2 Å². The second kappa shape index (κ2) is 11.0. The van der Waals surface area contributed by atoms with Crippen molar-refractivity contribution in [3.63, 3.8) is 0 Å². The summed E-state index contributed by atoms with van der Waals surface area (Å²) < 4.78 is 52.2. The number of aromatic nitrogens is 1. The quantitative estimate of drug-likeness (QED) is 0.468. The fourth-order valence-corrected chi connectivity index (χ4v) is 3.70. The minimum absolute atomic E-state index is 0.0460. The molecule has 4 rings (SSSR count). The zero-order valence-corrected chi connectivity index (χ0v) is 20.5. The zero-order valence-electron chi connectivity index (χ0n) is 20.5. The number of carbonyl (C=O) groups is 2. The van der Waals surface area contributed by atoms with Crippen LogP contribution in [0.5, 0.6) is 17.4 Å². The first-order chi connectivity index (χ1) is 17.7. The van der Waals surface area contributed by atoms with E-state index in [0.717, 1.165) is 12.8 Å². The van der Waals surface area contributed by atoms with Crippen LogP contribution in [0.1, 0.15) is 41.9 Å². The van der Waals surface area contributed by atoms with E-state index in [1.165, 1.54) is 36.4 Å². The maximum atomic E-state index is 13.1. The second-order valence-corrected chi connectivity index (χ2v) is 8.69. The van der Waals surface area contributed by atoms with E-state index in [0.29, 0.717) is 18.1 Å². The first kappa shape index (κ1) is 26.1. The lowest BCUT2D eigenvalue weighted by molar-refractivity contribution is -0.132. The summed E-state index contributed by atoms with van der Waals surface area (Å²) in [6.07, 6.45) is 2.44. The maximum absolute atomic E-state index is 13.1. The highest BCUT2D eigenvalue weighted by Gasteiger charge is 2.39. The van der Waals surface area contributed by atoms with Gasteiger partial charge in [0.25, 0.3) is 0 Å². The SMILES string of the molecule is COC(=O)c1ccc(OC(=O)C2=C([C@H](C)N)O[C@@H](c3ccc(OC(F)F)c(OCC4CC4)c3)N2C)nc1. The highest BCUT2D eigenvalue weighted by Crippen LogP contribution is 2.41. The molecule has 198 valence electrons. The van der Waals surface area contributed by atoms with Gasteiger partial charge in [-0.15, -0.1) is 0 Å². The van der Waals surface area contributed by atoms with Crippen molar-refractivity contribution < 1.29 is 42.1 Å². The van der Waals surface area contributed by atoms with E-state index in [1.54, 1.807) is 26.1 Å². The minimum atomic E-state index is -3.01. The smallest absolute Gasteiger partial charge is 0.387 e. The molecule has 2 atom stereocenters. The number of nitrogens with zero attached hydrogens (tertiary/aromatic N) is 2. The average Bonchev–Trinajstić information content (AvgIpc) is 3.63. The van der Waals surface area contributed by atoms with Gasteiger partial charge in [-0.1, -0.05) is 0 Å². The van der Waals surface area contributed by atoms with Crippen molar-refractivity contribution in [2.45, 2.75) is 38.6 Å². The second-order valence-electron chi connectivity index (χ2n) is 8.69. The van der Waals surface area contributed by atoms with Gasteiger partial charge in [0.1, 0.15) is 5.76 Å². The Morgan fingerprint density at radius 3 is 2.54 bits per heavy atom. The van der Waals surface area contributed by atoms with Crippen LogP contribution in [0.3, 0.4) is 0 Å². The van der Waals surface area contributed by atoms with E-state index in [-0.39, 0.29) is 34.4 Å². The Morgan fingerprint density at radius 2 is 1.95 bits per heavy atom. The molecule has 0 unspecified atom stereocenters. The first-order valence-electron chi connectivity index (χ1n) is 11.5. The Morgan fingerprint density at radius 1 is 1.19 bits per heavy atom. The fourth-order valence-electron chi connectivity index (χ4n) is 3.70. The molecule has 0 radical (unpaired) electrons. The largest absolute Gasteiger partial charge is 0.489 e. The Balaban J connectivity index is 1.55. The van der Waals surface area contributed by atoms with Crippen molar-refractivity contribution in [2.75, 3.05) is 20.8 Å². The molecule has 2 aromatic rings. The number of halogens is 2. The third kappa shape index (κ3) is 6.08. The molecule has 10 nitrogen and oxygen atoms in total. The molecule has 1 aromatic carbocycles. The van der Waals surface area contributed by atoms with E-state index in [1.807, 2.05) is 0 Å². The molecule has 2 aliphatic rings. The topological polar surface area (TPSA) is 122 Å². The lowest BCUT2D eigenvalue weighted by Crippen LogP contribution is -2.28. The number of ether oxygens (including phenoxy) is 5. The van der Waals surface area contributed by atoms with Crippen LogP contribution in [0.2, 0.25) is 0 Å². The summed E-state index contributed by atoms with van der Waals surface area (Å²) in [7, 11) is 2.85. The summed E-state index contributed by atoms with van der Waals surface area (Å²) in [5.41, 5.74) is 6.85. The van der Waals surface area contributed by atoms with Crippen LogP contribution in [-0.2, 0) is 14.3 Å². The predicted octanol–water partition coefficient (Wildman–Crippen LogP) is 3.38. The number of nitrogens with two attached hydrogens (primary N) is 1. The zero-order chi connectivity index (χ0) is 26.7. The lowest BCUT2D eigenvalue weighted by atomic mass is 10.1. The molecule has 1 aliphatic heterocycles. The van der Waals surface area contributed by atoms with Crippen molar-refractivity contribution in [1.29, 1.82) is 0 Å². The standard InChI is InChI=1S/C25H27F2N3O7/c1-13(28)21-20(24(32)36-19-9-7-16(11-29-19)23(31)33-3)30(2)22(37-21)15-6-8-17(35-25(26)27)18(10-15)34-12-14-4-5-14/h6-11,13-14,22,25H,4-5,12,28H2,1-3H3/t13-,22-/m0/s1. The third-order valence-corrected chi connectivity index (χ3v) is 5.78. The van der Waals surface area contributed by atoms with Crippen LogP contribution < -0.4 is 19.9 Å². The summed E-state index contributed by atoms with van der Waals surface area (Å²) in [5, 5.41) is 0. The lowest BCUT2D eigenvalue weighted by Gasteiger charge is -2.24. The molecular formula is C25H27F2N3O7. The van der Waals surface area contributed by atoms with Crippen molar-refractivity contribution in [1.82, 2.24) is 9.88 Å². The summed E-state index contributed by atoms with van der Waals surface area (Å²) in [4.78, 5) is 30.2. The Labute approximate surface area is 211 Å². The molecule has 1 fully saturated rings. The fraction of sp³-hybridized carbons (Fsp3) is 0.400. The first-order valence-corrected chi connectivity index (χ1v) is 11.5. The van der Waals surface area contributed by atoms with Gasteiger partial charge in [0.2, 0.25) is 5.88 Å². The number of alkyl halides is 2. The van der Waals surface area contributed by atoms with Gasteiger partial charge in [-0.05, 0) is 49.9 Å². The Hall–Kier alpha value is -3.93. The molecule has 37 heavy (non-hydrogen) atoms. The molecule has 0 saturated heterocycles. The molecule has 0 bridgehead atoms. The monoisotopic (exact) mass is 519 g/mol. The average molecular weight is 520 g/mol. The number of esters is 2. The number of likely N-dealkylation sites (N-methyl/N-ethyl adjacent to an activating group) is 1. The van der Waals surface area contributed by atoms with Crippen molar-refractivity contribution in [3.05, 3.63) is 59.1 Å². The molecule has 12 heteroatoms. The Bertz CT molecular complexity index is 1180. The molecule has 2 heterocycles.